The zero-order valence-electron chi connectivity index (χ0n) is 7.32. The average Bonchev–Trinajstić information content (AvgIpc) is 2.58. The summed E-state index contributed by atoms with van der Waals surface area (Å²) in [5.41, 5.74) is 1.09. The minimum absolute atomic E-state index is 0.112. The fourth-order valence-corrected chi connectivity index (χ4v) is 1.72. The first-order valence-corrected chi connectivity index (χ1v) is 5.33. The first kappa shape index (κ1) is 8.77. The molecule has 0 unspecified atom stereocenters. The minimum Gasteiger partial charge on any atom is -0.394 e. The van der Waals surface area contributed by atoms with Crippen molar-refractivity contribution < 1.29 is 5.11 Å². The standard InChI is InChI=1S/C8H11N3OS/c1-13-8-9-3-5-2-6(4-12)10-7(5)11-8/h3,6,12H,2,4H2,1H3,(H,9,10,11)/t6-/m1/s1. The van der Waals surface area contributed by atoms with Gasteiger partial charge in [-0.2, -0.15) is 0 Å². The molecule has 2 heterocycles. The Balaban J connectivity index is 2.25. The second-order valence-corrected chi connectivity index (χ2v) is 3.73. The van der Waals surface area contributed by atoms with Crippen molar-refractivity contribution >= 4 is 17.6 Å². The number of aliphatic hydroxyl groups is 1. The van der Waals surface area contributed by atoms with Gasteiger partial charge in [0.2, 0.25) is 0 Å². The lowest BCUT2D eigenvalue weighted by Crippen LogP contribution is -2.19. The van der Waals surface area contributed by atoms with Crippen LogP contribution in [0.2, 0.25) is 0 Å². The molecule has 70 valence electrons. The second kappa shape index (κ2) is 3.51. The van der Waals surface area contributed by atoms with Crippen molar-refractivity contribution in [2.24, 2.45) is 0 Å². The Hall–Kier alpha value is -0.810. The molecule has 2 rings (SSSR count). The molecule has 5 heteroatoms. The van der Waals surface area contributed by atoms with E-state index in [-0.39, 0.29) is 12.6 Å². The van der Waals surface area contributed by atoms with Crippen LogP contribution in [0.4, 0.5) is 5.82 Å². The lowest BCUT2D eigenvalue weighted by Gasteiger charge is -2.04. The lowest BCUT2D eigenvalue weighted by molar-refractivity contribution is 0.277. The van der Waals surface area contributed by atoms with E-state index in [2.05, 4.69) is 15.3 Å². The highest BCUT2D eigenvalue weighted by Crippen LogP contribution is 2.24. The molecule has 0 saturated carbocycles. The maximum absolute atomic E-state index is 8.95. The number of fused-ring (bicyclic) bond motifs is 1. The number of hydrogen-bond acceptors (Lipinski definition) is 5. The number of aliphatic hydroxyl groups excluding tert-OH is 1. The van der Waals surface area contributed by atoms with E-state index in [1.165, 1.54) is 11.8 Å². The van der Waals surface area contributed by atoms with E-state index in [1.807, 2.05) is 12.5 Å². The summed E-state index contributed by atoms with van der Waals surface area (Å²) in [6.45, 7) is 0.144. The van der Waals surface area contributed by atoms with Crippen LogP contribution in [0.3, 0.4) is 0 Å². The summed E-state index contributed by atoms with van der Waals surface area (Å²) in [4.78, 5) is 8.47. The number of hydrogen-bond donors (Lipinski definition) is 2. The average molecular weight is 197 g/mol. The predicted octanol–water partition coefficient (Wildman–Crippen LogP) is 0.527. The van der Waals surface area contributed by atoms with Gasteiger partial charge in [0, 0.05) is 11.8 Å². The zero-order valence-corrected chi connectivity index (χ0v) is 8.14. The highest BCUT2D eigenvalue weighted by molar-refractivity contribution is 7.98. The van der Waals surface area contributed by atoms with Crippen LogP contribution in [0.5, 0.6) is 0 Å². The zero-order chi connectivity index (χ0) is 9.26. The predicted molar refractivity (Wildman–Crippen MR) is 52.0 cm³/mol. The molecule has 2 N–H and O–H groups in total. The summed E-state index contributed by atoms with van der Waals surface area (Å²) in [6.07, 6.45) is 4.59. The van der Waals surface area contributed by atoms with Gasteiger partial charge in [0.25, 0.3) is 0 Å². The van der Waals surface area contributed by atoms with Gasteiger partial charge in [0.15, 0.2) is 5.16 Å². The van der Waals surface area contributed by atoms with Crippen LogP contribution in [0.1, 0.15) is 5.56 Å². The molecule has 1 aromatic rings. The normalized spacial score (nSPS) is 19.7. The van der Waals surface area contributed by atoms with Crippen molar-refractivity contribution in [3.05, 3.63) is 11.8 Å². The number of thioether (sulfide) groups is 1. The van der Waals surface area contributed by atoms with Crippen LogP contribution >= 0.6 is 11.8 Å². The molecule has 4 nitrogen and oxygen atoms in total. The molecule has 1 aromatic heterocycles. The monoisotopic (exact) mass is 197 g/mol. The highest BCUT2D eigenvalue weighted by atomic mass is 32.2. The van der Waals surface area contributed by atoms with Gasteiger partial charge >= 0.3 is 0 Å². The van der Waals surface area contributed by atoms with Crippen molar-refractivity contribution in [3.8, 4) is 0 Å². The fourth-order valence-electron chi connectivity index (χ4n) is 1.38. The van der Waals surface area contributed by atoms with Crippen molar-refractivity contribution in [2.45, 2.75) is 17.6 Å². The Morgan fingerprint density at radius 2 is 2.62 bits per heavy atom. The van der Waals surface area contributed by atoms with E-state index in [0.717, 1.165) is 23.0 Å². The molecule has 0 fully saturated rings. The van der Waals surface area contributed by atoms with Crippen LogP contribution in [-0.2, 0) is 6.42 Å². The van der Waals surface area contributed by atoms with Crippen molar-refractivity contribution in [1.82, 2.24) is 9.97 Å². The number of rotatable bonds is 2. The molecule has 0 aromatic carbocycles. The first-order chi connectivity index (χ1) is 6.33. The molecule has 1 atom stereocenters. The third-order valence-corrected chi connectivity index (χ3v) is 2.61. The first-order valence-electron chi connectivity index (χ1n) is 4.11. The quantitative estimate of drug-likeness (QED) is 0.535. The molecule has 0 spiro atoms. The van der Waals surface area contributed by atoms with E-state index < -0.39 is 0 Å². The maximum atomic E-state index is 8.95. The topological polar surface area (TPSA) is 58.0 Å². The van der Waals surface area contributed by atoms with Gasteiger partial charge in [-0.1, -0.05) is 11.8 Å². The van der Waals surface area contributed by atoms with Crippen molar-refractivity contribution in [2.75, 3.05) is 18.2 Å². The highest BCUT2D eigenvalue weighted by Gasteiger charge is 2.21. The van der Waals surface area contributed by atoms with Crippen LogP contribution < -0.4 is 5.32 Å². The molecule has 0 radical (unpaired) electrons. The Kier molecular flexibility index (Phi) is 2.37. The summed E-state index contributed by atoms with van der Waals surface area (Å²) >= 11 is 1.52. The largest absolute Gasteiger partial charge is 0.394 e. The molecule has 0 saturated heterocycles. The number of aromatic nitrogens is 2. The summed E-state index contributed by atoms with van der Waals surface area (Å²) in [6, 6.07) is 0.112. The van der Waals surface area contributed by atoms with Crippen LogP contribution in [0.25, 0.3) is 0 Å². The van der Waals surface area contributed by atoms with Gasteiger partial charge in [-0.05, 0) is 12.7 Å². The summed E-state index contributed by atoms with van der Waals surface area (Å²) < 4.78 is 0. The molecule has 13 heavy (non-hydrogen) atoms. The third-order valence-electron chi connectivity index (χ3n) is 2.05. The van der Waals surface area contributed by atoms with Gasteiger partial charge in [0.1, 0.15) is 5.82 Å². The third kappa shape index (κ3) is 1.62. The second-order valence-electron chi connectivity index (χ2n) is 2.96. The summed E-state index contributed by atoms with van der Waals surface area (Å²) in [5, 5.41) is 12.9. The SMILES string of the molecule is CSc1ncc2c(n1)N[C@@H](CO)C2. The molecule has 1 aliphatic rings. The van der Waals surface area contributed by atoms with Gasteiger partial charge in [0.05, 0.1) is 12.6 Å². The number of anilines is 1. The molecular weight excluding hydrogens is 186 g/mol. The minimum atomic E-state index is 0.112. The maximum Gasteiger partial charge on any atom is 0.189 e. The van der Waals surface area contributed by atoms with E-state index in [4.69, 9.17) is 5.11 Å². The van der Waals surface area contributed by atoms with Crippen molar-refractivity contribution in [1.29, 1.82) is 0 Å². The van der Waals surface area contributed by atoms with Crippen LogP contribution in [-0.4, -0.2) is 34.0 Å². The van der Waals surface area contributed by atoms with Crippen LogP contribution in [0.15, 0.2) is 11.4 Å². The Morgan fingerprint density at radius 3 is 3.31 bits per heavy atom. The Bertz CT molecular complexity index is 318. The number of nitrogens with zero attached hydrogens (tertiary/aromatic N) is 2. The van der Waals surface area contributed by atoms with Crippen LogP contribution in [0, 0.1) is 0 Å². The van der Waals surface area contributed by atoms with E-state index >= 15 is 0 Å². The lowest BCUT2D eigenvalue weighted by atomic mass is 10.2. The Morgan fingerprint density at radius 1 is 1.77 bits per heavy atom. The fraction of sp³-hybridized carbons (Fsp3) is 0.500. The molecule has 1 aliphatic heterocycles. The summed E-state index contributed by atoms with van der Waals surface area (Å²) in [7, 11) is 0. The van der Waals surface area contributed by atoms with E-state index in [9.17, 15) is 0 Å². The molecular formula is C8H11N3OS. The molecule has 0 amide bonds. The van der Waals surface area contributed by atoms with Crippen molar-refractivity contribution in [3.63, 3.8) is 0 Å². The smallest absolute Gasteiger partial charge is 0.189 e. The Labute approximate surface area is 80.8 Å². The van der Waals surface area contributed by atoms with Gasteiger partial charge in [-0.25, -0.2) is 9.97 Å². The number of nitrogens with one attached hydrogen (secondary N) is 1. The van der Waals surface area contributed by atoms with E-state index in [0.29, 0.717) is 0 Å². The van der Waals surface area contributed by atoms with Gasteiger partial charge in [-0.3, -0.25) is 0 Å². The van der Waals surface area contributed by atoms with Gasteiger partial charge in [-0.15, -0.1) is 0 Å². The van der Waals surface area contributed by atoms with E-state index in [1.54, 1.807) is 0 Å². The summed E-state index contributed by atoms with van der Waals surface area (Å²) in [5.74, 6) is 0.874. The van der Waals surface area contributed by atoms with Gasteiger partial charge < -0.3 is 10.4 Å². The molecule has 0 aliphatic carbocycles. The molecule has 0 bridgehead atoms.